The molecule has 4 heterocycles. The Hall–Kier alpha value is -4.26. The Morgan fingerprint density at radius 1 is 1.07 bits per heavy atom. The van der Waals surface area contributed by atoms with Gasteiger partial charge in [0.2, 0.25) is 5.91 Å². The summed E-state index contributed by atoms with van der Waals surface area (Å²) in [5.74, 6) is 1.03. The molecule has 2 N–H and O–H groups in total. The fourth-order valence-electron chi connectivity index (χ4n) is 6.75. The van der Waals surface area contributed by atoms with E-state index in [1.807, 2.05) is 18.2 Å². The smallest absolute Gasteiger partial charge is 0.247 e. The number of nitrogens with one attached hydrogen (secondary N) is 2. The molecule has 0 spiro atoms. The molecule has 3 saturated heterocycles. The van der Waals surface area contributed by atoms with Crippen molar-refractivity contribution in [1.29, 1.82) is 0 Å². The van der Waals surface area contributed by atoms with Crippen molar-refractivity contribution in [3.8, 4) is 5.75 Å². The van der Waals surface area contributed by atoms with Crippen molar-refractivity contribution in [2.75, 3.05) is 60.5 Å². The number of piperidine rings is 1. The molecule has 1 amide bonds. The van der Waals surface area contributed by atoms with Crippen LogP contribution in [0.5, 0.6) is 5.75 Å². The molecule has 0 saturated carbocycles. The number of amides is 1. The average molecular weight is 632 g/mol. The number of nitrogens with zero attached hydrogens (tertiary/aromatic N) is 5. The van der Waals surface area contributed by atoms with Crippen LogP contribution in [-0.2, 0) is 14.4 Å². The highest BCUT2D eigenvalue weighted by Crippen LogP contribution is 2.40. The summed E-state index contributed by atoms with van der Waals surface area (Å²) < 4.78 is 25.8. The third kappa shape index (κ3) is 7.09. The Morgan fingerprint density at radius 3 is 2.57 bits per heavy atom. The quantitative estimate of drug-likeness (QED) is 0.296. The minimum atomic E-state index is -0.303. The number of ether oxygens (including phenoxy) is 2. The van der Waals surface area contributed by atoms with E-state index in [-0.39, 0.29) is 30.0 Å². The fourth-order valence-corrected chi connectivity index (χ4v) is 6.75. The predicted molar refractivity (Wildman–Crippen MR) is 176 cm³/mol. The van der Waals surface area contributed by atoms with Crippen LogP contribution in [0.15, 0.2) is 61.4 Å². The molecule has 1 aromatic heterocycles. The number of carbonyl (C=O) groups is 1. The maximum absolute atomic E-state index is 14.0. The fraction of sp³-hybridized carbons (Fsp3) is 0.441. The van der Waals surface area contributed by atoms with Crippen LogP contribution < -0.4 is 25.3 Å². The van der Waals surface area contributed by atoms with E-state index in [2.05, 4.69) is 50.8 Å². The standard InChI is InChI=1S/C34H42FN7O4/c1-5-34(43)39-27-16-28(31(44-4)17-30(27)40-12-9-26(10-13-40)41-19-22(2)46-23(3)20-41)38-32-18-33(37-21-36-32)42-29(11-14-45-42)24-7-6-8-25(35)15-24/h5-8,15-18,21-23,26,29H,1,9-14,19-20H2,2-4H3,(H,39,43)(H,36,37,38)/t22-,23+,29-/m1/s1. The molecule has 3 aliphatic heterocycles. The first-order valence-electron chi connectivity index (χ1n) is 15.9. The molecule has 0 radical (unpaired) electrons. The summed E-state index contributed by atoms with van der Waals surface area (Å²) in [5, 5.41) is 8.03. The van der Waals surface area contributed by atoms with Crippen LogP contribution >= 0.6 is 0 Å². The first-order valence-corrected chi connectivity index (χ1v) is 15.9. The molecule has 0 bridgehead atoms. The summed E-state index contributed by atoms with van der Waals surface area (Å²) in [4.78, 5) is 32.2. The first-order chi connectivity index (χ1) is 22.3. The number of carbonyl (C=O) groups excluding carboxylic acids is 1. The molecule has 2 aromatic carbocycles. The van der Waals surface area contributed by atoms with Crippen LogP contribution in [0.4, 0.5) is 33.1 Å². The number of morpholine rings is 1. The first kappa shape index (κ1) is 31.7. The molecule has 11 nitrogen and oxygen atoms in total. The van der Waals surface area contributed by atoms with Gasteiger partial charge >= 0.3 is 0 Å². The third-order valence-electron chi connectivity index (χ3n) is 8.81. The van der Waals surface area contributed by atoms with E-state index in [9.17, 15) is 9.18 Å². The lowest BCUT2D eigenvalue weighted by molar-refractivity contribution is -0.111. The zero-order valence-electron chi connectivity index (χ0n) is 26.6. The Kier molecular flexibility index (Phi) is 9.67. The van der Waals surface area contributed by atoms with E-state index in [1.54, 1.807) is 24.3 Å². The van der Waals surface area contributed by atoms with Crippen LogP contribution in [-0.4, -0.2) is 78.9 Å². The number of aromatic nitrogens is 2. The van der Waals surface area contributed by atoms with Crippen molar-refractivity contribution < 1.29 is 23.5 Å². The zero-order chi connectivity index (χ0) is 32.2. The van der Waals surface area contributed by atoms with Gasteiger partial charge in [-0.05, 0) is 56.5 Å². The number of hydrogen-bond donors (Lipinski definition) is 2. The third-order valence-corrected chi connectivity index (χ3v) is 8.81. The molecule has 12 heteroatoms. The Bertz CT molecular complexity index is 1540. The van der Waals surface area contributed by atoms with Crippen molar-refractivity contribution in [3.63, 3.8) is 0 Å². The summed E-state index contributed by atoms with van der Waals surface area (Å²) in [6.45, 7) is 12.0. The van der Waals surface area contributed by atoms with Crippen molar-refractivity contribution in [1.82, 2.24) is 14.9 Å². The molecular weight excluding hydrogens is 589 g/mol. The van der Waals surface area contributed by atoms with Gasteiger partial charge in [-0.1, -0.05) is 18.7 Å². The monoisotopic (exact) mass is 631 g/mol. The molecule has 6 rings (SSSR count). The van der Waals surface area contributed by atoms with E-state index in [0.29, 0.717) is 47.8 Å². The van der Waals surface area contributed by atoms with Crippen molar-refractivity contribution in [2.24, 2.45) is 0 Å². The number of benzene rings is 2. The van der Waals surface area contributed by atoms with Gasteiger partial charge in [-0.2, -0.15) is 0 Å². The van der Waals surface area contributed by atoms with Gasteiger partial charge in [-0.25, -0.2) is 19.4 Å². The largest absolute Gasteiger partial charge is 0.494 e. The minimum absolute atomic E-state index is 0.188. The summed E-state index contributed by atoms with van der Waals surface area (Å²) in [6, 6.07) is 12.4. The highest BCUT2D eigenvalue weighted by atomic mass is 19.1. The van der Waals surface area contributed by atoms with Crippen LogP contribution in [0.1, 0.15) is 44.7 Å². The Balaban J connectivity index is 1.22. The van der Waals surface area contributed by atoms with Gasteiger partial charge in [0.05, 0.1) is 49.0 Å². The minimum Gasteiger partial charge on any atom is -0.494 e. The van der Waals surface area contributed by atoms with Crippen molar-refractivity contribution >= 4 is 34.6 Å². The van der Waals surface area contributed by atoms with Gasteiger partial charge in [0.25, 0.3) is 0 Å². The maximum Gasteiger partial charge on any atom is 0.247 e. The molecule has 46 heavy (non-hydrogen) atoms. The van der Waals surface area contributed by atoms with E-state index in [1.165, 1.54) is 24.5 Å². The Morgan fingerprint density at radius 2 is 1.85 bits per heavy atom. The molecule has 244 valence electrons. The lowest BCUT2D eigenvalue weighted by Crippen LogP contribution is -2.53. The molecule has 3 aromatic rings. The van der Waals surface area contributed by atoms with Crippen LogP contribution in [0.25, 0.3) is 0 Å². The van der Waals surface area contributed by atoms with Crippen LogP contribution in [0, 0.1) is 5.82 Å². The van der Waals surface area contributed by atoms with Crippen LogP contribution in [0.3, 0.4) is 0 Å². The van der Waals surface area contributed by atoms with Crippen molar-refractivity contribution in [3.05, 3.63) is 72.8 Å². The van der Waals surface area contributed by atoms with E-state index in [0.717, 1.165) is 50.3 Å². The molecule has 3 atom stereocenters. The number of hydrogen-bond acceptors (Lipinski definition) is 10. The van der Waals surface area contributed by atoms with Gasteiger partial charge in [-0.3, -0.25) is 14.5 Å². The van der Waals surface area contributed by atoms with Gasteiger partial charge in [0.1, 0.15) is 23.7 Å². The van der Waals surface area contributed by atoms with E-state index in [4.69, 9.17) is 14.3 Å². The molecule has 0 aliphatic carbocycles. The van der Waals surface area contributed by atoms with E-state index < -0.39 is 0 Å². The summed E-state index contributed by atoms with van der Waals surface area (Å²) >= 11 is 0. The molecule has 3 fully saturated rings. The predicted octanol–water partition coefficient (Wildman–Crippen LogP) is 5.45. The number of hydroxylamine groups is 1. The number of methoxy groups -OCH3 is 1. The normalized spacial score (nSPS) is 22.5. The SMILES string of the molecule is C=CC(=O)Nc1cc(Nc2cc(N3OCC[C@@H]3c3cccc(F)c3)ncn2)c(OC)cc1N1CCC(N2C[C@@H](C)O[C@@H](C)C2)CC1. The second-order valence-corrected chi connectivity index (χ2v) is 12.1. The number of rotatable bonds is 9. The molecule has 3 aliphatic rings. The summed E-state index contributed by atoms with van der Waals surface area (Å²) in [6.07, 6.45) is 5.88. The lowest BCUT2D eigenvalue weighted by atomic mass is 10.00. The highest BCUT2D eigenvalue weighted by molar-refractivity contribution is 6.02. The average Bonchev–Trinajstić information content (AvgIpc) is 3.55. The molecule has 0 unspecified atom stereocenters. The second-order valence-electron chi connectivity index (χ2n) is 12.1. The van der Waals surface area contributed by atoms with Gasteiger partial charge in [0, 0.05) is 50.8 Å². The van der Waals surface area contributed by atoms with E-state index >= 15 is 0 Å². The summed E-state index contributed by atoms with van der Waals surface area (Å²) in [5.41, 5.74) is 2.95. The molecular formula is C34H42FN7O4. The second kappa shape index (κ2) is 14.0. The lowest BCUT2D eigenvalue weighted by Gasteiger charge is -2.44. The maximum atomic E-state index is 14.0. The zero-order valence-corrected chi connectivity index (χ0v) is 26.6. The number of halogens is 1. The van der Waals surface area contributed by atoms with Crippen LogP contribution in [0.2, 0.25) is 0 Å². The van der Waals surface area contributed by atoms with Crippen molar-refractivity contribution in [2.45, 2.75) is 57.4 Å². The number of anilines is 5. The highest BCUT2D eigenvalue weighted by Gasteiger charge is 2.32. The van der Waals surface area contributed by atoms with Gasteiger partial charge in [0.15, 0.2) is 5.82 Å². The van der Waals surface area contributed by atoms with Gasteiger partial charge in [-0.15, -0.1) is 0 Å². The topological polar surface area (TPSA) is 104 Å². The van der Waals surface area contributed by atoms with Gasteiger partial charge < -0.3 is 25.0 Å². The summed E-state index contributed by atoms with van der Waals surface area (Å²) in [7, 11) is 1.62. The Labute approximate surface area is 269 Å².